The highest BCUT2D eigenvalue weighted by Crippen LogP contribution is 2.22. The number of nitrogens with two attached hydrogens (primary N) is 1. The molecule has 0 aliphatic carbocycles. The fourth-order valence-electron chi connectivity index (χ4n) is 2.10. The highest BCUT2D eigenvalue weighted by molar-refractivity contribution is 5.77. The van der Waals surface area contributed by atoms with Gasteiger partial charge < -0.3 is 20.3 Å². The van der Waals surface area contributed by atoms with Gasteiger partial charge in [0.25, 0.3) is 0 Å². The van der Waals surface area contributed by atoms with Crippen molar-refractivity contribution in [2.75, 3.05) is 23.7 Å². The molecule has 1 aromatic carbocycles. The average Bonchev–Trinajstić information content (AvgIpc) is 2.80. The van der Waals surface area contributed by atoms with Crippen molar-refractivity contribution in [1.82, 2.24) is 9.55 Å². The predicted molar refractivity (Wildman–Crippen MR) is 77.6 cm³/mol. The van der Waals surface area contributed by atoms with Crippen molar-refractivity contribution >= 4 is 17.3 Å². The molecule has 2 rings (SSSR count). The summed E-state index contributed by atoms with van der Waals surface area (Å²) in [7, 11) is 1.92. The quantitative estimate of drug-likeness (QED) is 0.772. The van der Waals surface area contributed by atoms with Gasteiger partial charge in [0.1, 0.15) is 12.4 Å². The van der Waals surface area contributed by atoms with Crippen molar-refractivity contribution in [3.05, 3.63) is 42.5 Å². The molecule has 0 saturated carbocycles. The van der Waals surface area contributed by atoms with Crippen molar-refractivity contribution in [2.24, 2.45) is 7.05 Å². The molecule has 6 heteroatoms. The standard InChI is InChI=1S/C14H18N4O2/c1-17-9-7-16-13(17)6-8-18(10-14(19)20)12-5-3-2-4-11(12)15/h2-5,7,9H,6,8,10,15H2,1H3,(H,19,20). The van der Waals surface area contributed by atoms with Crippen LogP contribution < -0.4 is 10.6 Å². The average molecular weight is 274 g/mol. The molecule has 0 unspecified atom stereocenters. The van der Waals surface area contributed by atoms with E-state index < -0.39 is 5.97 Å². The van der Waals surface area contributed by atoms with Crippen LogP contribution in [-0.4, -0.2) is 33.7 Å². The summed E-state index contributed by atoms with van der Waals surface area (Å²) in [6, 6.07) is 7.28. The number of para-hydroxylation sites is 2. The van der Waals surface area contributed by atoms with Crippen LogP contribution in [0, 0.1) is 0 Å². The summed E-state index contributed by atoms with van der Waals surface area (Å²) in [4.78, 5) is 17.0. The lowest BCUT2D eigenvalue weighted by atomic mass is 10.2. The van der Waals surface area contributed by atoms with Crippen molar-refractivity contribution in [3.63, 3.8) is 0 Å². The van der Waals surface area contributed by atoms with E-state index in [2.05, 4.69) is 4.98 Å². The Kier molecular flexibility index (Phi) is 4.24. The van der Waals surface area contributed by atoms with Crippen LogP contribution in [0.25, 0.3) is 0 Å². The monoisotopic (exact) mass is 274 g/mol. The van der Waals surface area contributed by atoms with Crippen molar-refractivity contribution < 1.29 is 9.90 Å². The maximum absolute atomic E-state index is 11.0. The molecule has 0 atom stereocenters. The largest absolute Gasteiger partial charge is 0.480 e. The number of nitrogens with zero attached hydrogens (tertiary/aromatic N) is 3. The minimum atomic E-state index is -0.881. The first-order valence-electron chi connectivity index (χ1n) is 6.35. The summed E-state index contributed by atoms with van der Waals surface area (Å²) >= 11 is 0. The third-order valence-electron chi connectivity index (χ3n) is 3.13. The molecule has 0 amide bonds. The first-order chi connectivity index (χ1) is 9.58. The van der Waals surface area contributed by atoms with Crippen LogP contribution in [-0.2, 0) is 18.3 Å². The van der Waals surface area contributed by atoms with Gasteiger partial charge in [-0.25, -0.2) is 4.98 Å². The van der Waals surface area contributed by atoms with Gasteiger partial charge in [0.15, 0.2) is 0 Å². The van der Waals surface area contributed by atoms with Crippen LogP contribution in [0.15, 0.2) is 36.7 Å². The maximum atomic E-state index is 11.0. The number of benzene rings is 1. The molecule has 1 aromatic heterocycles. The first-order valence-corrected chi connectivity index (χ1v) is 6.35. The van der Waals surface area contributed by atoms with Crippen LogP contribution in [0.2, 0.25) is 0 Å². The van der Waals surface area contributed by atoms with Gasteiger partial charge in [-0.05, 0) is 12.1 Å². The van der Waals surface area contributed by atoms with Crippen LogP contribution in [0.1, 0.15) is 5.82 Å². The van der Waals surface area contributed by atoms with Gasteiger partial charge >= 0.3 is 5.97 Å². The minimum Gasteiger partial charge on any atom is -0.480 e. The summed E-state index contributed by atoms with van der Waals surface area (Å²) in [6.45, 7) is 0.462. The number of nitrogen functional groups attached to an aromatic ring is 1. The number of aryl methyl sites for hydroxylation is 1. The number of carbonyl (C=O) groups is 1. The number of aromatic nitrogens is 2. The van der Waals surface area contributed by atoms with Gasteiger partial charge in [-0.3, -0.25) is 4.79 Å². The van der Waals surface area contributed by atoms with E-state index in [0.717, 1.165) is 11.5 Å². The molecule has 0 bridgehead atoms. The topological polar surface area (TPSA) is 84.4 Å². The highest BCUT2D eigenvalue weighted by atomic mass is 16.4. The molecule has 3 N–H and O–H groups in total. The number of hydrogen-bond donors (Lipinski definition) is 2. The zero-order chi connectivity index (χ0) is 14.5. The van der Waals surface area contributed by atoms with Crippen molar-refractivity contribution in [1.29, 1.82) is 0 Å². The third-order valence-corrected chi connectivity index (χ3v) is 3.13. The molecule has 6 nitrogen and oxygen atoms in total. The van der Waals surface area contributed by atoms with E-state index in [1.807, 2.05) is 36.0 Å². The molecular formula is C14H18N4O2. The van der Waals surface area contributed by atoms with Crippen LogP contribution in [0.5, 0.6) is 0 Å². The van der Waals surface area contributed by atoms with Gasteiger partial charge in [0.2, 0.25) is 0 Å². The van der Waals surface area contributed by atoms with E-state index in [0.29, 0.717) is 18.7 Å². The fourth-order valence-corrected chi connectivity index (χ4v) is 2.10. The second-order valence-corrected chi connectivity index (χ2v) is 4.58. The zero-order valence-corrected chi connectivity index (χ0v) is 11.4. The molecule has 0 aliphatic rings. The molecule has 0 radical (unpaired) electrons. The molecule has 20 heavy (non-hydrogen) atoms. The molecule has 0 aliphatic heterocycles. The Bertz CT molecular complexity index is 594. The van der Waals surface area contributed by atoms with Gasteiger partial charge in [0.05, 0.1) is 11.4 Å². The molecular weight excluding hydrogens is 256 g/mol. The van der Waals surface area contributed by atoms with E-state index >= 15 is 0 Å². The van der Waals surface area contributed by atoms with Crippen LogP contribution in [0.4, 0.5) is 11.4 Å². The number of carboxylic acids is 1. The molecule has 106 valence electrons. The predicted octanol–water partition coefficient (Wildman–Crippen LogP) is 1.14. The Hall–Kier alpha value is -2.50. The molecule has 2 aromatic rings. The Morgan fingerprint density at radius 1 is 1.45 bits per heavy atom. The Morgan fingerprint density at radius 2 is 2.20 bits per heavy atom. The second-order valence-electron chi connectivity index (χ2n) is 4.58. The molecule has 1 heterocycles. The van der Waals surface area contributed by atoms with Crippen molar-refractivity contribution in [3.8, 4) is 0 Å². The van der Waals surface area contributed by atoms with Crippen LogP contribution in [0.3, 0.4) is 0 Å². The summed E-state index contributed by atoms with van der Waals surface area (Å²) < 4.78 is 1.92. The minimum absolute atomic E-state index is 0.0847. The molecule has 0 spiro atoms. The van der Waals surface area contributed by atoms with Crippen molar-refractivity contribution in [2.45, 2.75) is 6.42 Å². The lowest BCUT2D eigenvalue weighted by molar-refractivity contribution is -0.135. The number of anilines is 2. The molecule has 0 fully saturated rings. The number of rotatable bonds is 6. The highest BCUT2D eigenvalue weighted by Gasteiger charge is 2.14. The van der Waals surface area contributed by atoms with Gasteiger partial charge in [-0.1, -0.05) is 12.1 Å². The Labute approximate surface area is 117 Å². The van der Waals surface area contributed by atoms with E-state index in [-0.39, 0.29) is 6.54 Å². The summed E-state index contributed by atoms with van der Waals surface area (Å²) in [5.41, 5.74) is 7.24. The van der Waals surface area contributed by atoms with E-state index in [1.54, 1.807) is 17.2 Å². The first kappa shape index (κ1) is 13.9. The number of carboxylic acid groups (broad SMARTS) is 1. The fraction of sp³-hybridized carbons (Fsp3) is 0.286. The lowest BCUT2D eigenvalue weighted by Crippen LogP contribution is -2.32. The second kappa shape index (κ2) is 6.10. The SMILES string of the molecule is Cn1ccnc1CCN(CC(=O)O)c1ccccc1N. The van der Waals surface area contributed by atoms with Gasteiger partial charge in [-0.2, -0.15) is 0 Å². The number of hydrogen-bond acceptors (Lipinski definition) is 4. The summed E-state index contributed by atoms with van der Waals surface area (Å²) in [5.74, 6) is 0.0305. The van der Waals surface area contributed by atoms with Gasteiger partial charge in [0, 0.05) is 32.4 Å². The molecule has 0 saturated heterocycles. The lowest BCUT2D eigenvalue weighted by Gasteiger charge is -2.24. The van der Waals surface area contributed by atoms with Gasteiger partial charge in [-0.15, -0.1) is 0 Å². The smallest absolute Gasteiger partial charge is 0.323 e. The zero-order valence-electron chi connectivity index (χ0n) is 11.4. The third kappa shape index (κ3) is 3.28. The number of imidazole rings is 1. The maximum Gasteiger partial charge on any atom is 0.323 e. The Balaban J connectivity index is 2.14. The van der Waals surface area contributed by atoms with Crippen LogP contribution >= 0.6 is 0 Å². The summed E-state index contributed by atoms with van der Waals surface area (Å²) in [5, 5.41) is 9.04. The Morgan fingerprint density at radius 3 is 2.80 bits per heavy atom. The normalized spacial score (nSPS) is 10.4. The summed E-state index contributed by atoms with van der Waals surface area (Å²) in [6.07, 6.45) is 4.26. The number of aliphatic carboxylic acids is 1. The van der Waals surface area contributed by atoms with E-state index in [9.17, 15) is 4.79 Å². The van der Waals surface area contributed by atoms with E-state index in [1.165, 1.54) is 0 Å². The van der Waals surface area contributed by atoms with E-state index in [4.69, 9.17) is 10.8 Å².